The van der Waals surface area contributed by atoms with Crippen LogP contribution < -0.4 is 11.1 Å². The highest BCUT2D eigenvalue weighted by atomic mass is 127. The zero-order valence-corrected chi connectivity index (χ0v) is 16.0. The molecule has 1 unspecified atom stereocenters. The summed E-state index contributed by atoms with van der Waals surface area (Å²) in [6, 6.07) is 4.52. The summed E-state index contributed by atoms with van der Waals surface area (Å²) in [5.74, 6) is 0.474. The minimum Gasteiger partial charge on any atom is -0.383 e. The maximum atomic E-state index is 5.89. The molecule has 8 heteroatoms. The Balaban J connectivity index is 0.00000242. The molecule has 0 spiro atoms. The van der Waals surface area contributed by atoms with Gasteiger partial charge in [-0.2, -0.15) is 0 Å². The van der Waals surface area contributed by atoms with E-state index in [1.165, 1.54) is 4.88 Å². The quantitative estimate of drug-likeness (QED) is 0.290. The number of morpholine rings is 1. The van der Waals surface area contributed by atoms with E-state index in [4.69, 9.17) is 15.2 Å². The van der Waals surface area contributed by atoms with E-state index in [2.05, 4.69) is 32.7 Å². The lowest BCUT2D eigenvalue weighted by Crippen LogP contribution is -2.41. The molecule has 0 aliphatic carbocycles. The van der Waals surface area contributed by atoms with Gasteiger partial charge in [-0.3, -0.25) is 9.89 Å². The van der Waals surface area contributed by atoms with Gasteiger partial charge in [0.15, 0.2) is 5.96 Å². The molecule has 2 heterocycles. The minimum atomic E-state index is 0. The zero-order chi connectivity index (χ0) is 14.9. The third-order valence-electron chi connectivity index (χ3n) is 3.40. The molecule has 0 radical (unpaired) electrons. The molecule has 0 amide bonds. The van der Waals surface area contributed by atoms with Crippen molar-refractivity contribution >= 4 is 41.3 Å². The Morgan fingerprint density at radius 3 is 2.95 bits per heavy atom. The van der Waals surface area contributed by atoms with Crippen molar-refractivity contribution in [3.63, 3.8) is 0 Å². The number of hydrogen-bond donors (Lipinski definition) is 2. The second kappa shape index (κ2) is 11.2. The minimum absolute atomic E-state index is 0. The Kier molecular flexibility index (Phi) is 9.96. The van der Waals surface area contributed by atoms with Gasteiger partial charge >= 0.3 is 0 Å². The van der Waals surface area contributed by atoms with Gasteiger partial charge in [0.2, 0.25) is 0 Å². The maximum Gasteiger partial charge on any atom is 0.188 e. The number of thiophene rings is 1. The molecular formula is C14H25IN4O2S. The number of nitrogens with two attached hydrogens (primary N) is 1. The zero-order valence-electron chi connectivity index (χ0n) is 12.9. The van der Waals surface area contributed by atoms with Crippen LogP contribution >= 0.6 is 35.3 Å². The van der Waals surface area contributed by atoms with Crippen LogP contribution in [0.3, 0.4) is 0 Å². The van der Waals surface area contributed by atoms with Crippen molar-refractivity contribution < 1.29 is 9.47 Å². The summed E-state index contributed by atoms with van der Waals surface area (Å²) in [6.45, 7) is 5.40. The van der Waals surface area contributed by atoms with E-state index in [1.807, 2.05) is 0 Å². The Morgan fingerprint density at radius 1 is 1.55 bits per heavy atom. The van der Waals surface area contributed by atoms with Gasteiger partial charge in [-0.1, -0.05) is 6.07 Å². The van der Waals surface area contributed by atoms with E-state index in [1.54, 1.807) is 18.4 Å². The van der Waals surface area contributed by atoms with Crippen LogP contribution in [0.2, 0.25) is 0 Å². The maximum absolute atomic E-state index is 5.89. The highest BCUT2D eigenvalue weighted by Gasteiger charge is 2.23. The summed E-state index contributed by atoms with van der Waals surface area (Å²) in [4.78, 5) is 8.22. The van der Waals surface area contributed by atoms with Crippen molar-refractivity contribution in [3.05, 3.63) is 22.4 Å². The van der Waals surface area contributed by atoms with Crippen molar-refractivity contribution in [2.45, 2.75) is 6.04 Å². The molecule has 2 rings (SSSR count). The molecule has 6 nitrogen and oxygen atoms in total. The highest BCUT2D eigenvalue weighted by molar-refractivity contribution is 14.0. The van der Waals surface area contributed by atoms with Gasteiger partial charge in [0, 0.05) is 31.6 Å². The third kappa shape index (κ3) is 6.37. The fourth-order valence-corrected chi connectivity index (χ4v) is 3.13. The fraction of sp³-hybridized carbons (Fsp3) is 0.643. The van der Waals surface area contributed by atoms with Gasteiger partial charge in [0.1, 0.15) is 0 Å². The topological polar surface area (TPSA) is 72.1 Å². The number of rotatable bonds is 7. The van der Waals surface area contributed by atoms with E-state index < -0.39 is 0 Å². The first kappa shape index (κ1) is 19.6. The Hall–Kier alpha value is -0.420. The van der Waals surface area contributed by atoms with Crippen molar-refractivity contribution in [1.29, 1.82) is 0 Å². The number of ether oxygens (including phenoxy) is 2. The van der Waals surface area contributed by atoms with Gasteiger partial charge in [0.05, 0.1) is 32.4 Å². The molecule has 1 aliphatic rings. The highest BCUT2D eigenvalue weighted by Crippen LogP contribution is 2.26. The molecule has 1 aromatic heterocycles. The molecule has 0 aromatic carbocycles. The molecule has 0 bridgehead atoms. The molecule has 1 aromatic rings. The number of aliphatic imine (C=N–C) groups is 1. The van der Waals surface area contributed by atoms with Crippen LogP contribution in [0.4, 0.5) is 0 Å². The van der Waals surface area contributed by atoms with Crippen molar-refractivity contribution in [3.8, 4) is 0 Å². The molecule has 22 heavy (non-hydrogen) atoms. The van der Waals surface area contributed by atoms with E-state index in [0.717, 1.165) is 26.3 Å². The summed E-state index contributed by atoms with van der Waals surface area (Å²) in [6.07, 6.45) is 0. The first-order valence-electron chi connectivity index (χ1n) is 7.19. The number of methoxy groups -OCH3 is 1. The molecule has 1 saturated heterocycles. The van der Waals surface area contributed by atoms with Crippen LogP contribution in [-0.4, -0.2) is 64.0 Å². The smallest absolute Gasteiger partial charge is 0.188 e. The van der Waals surface area contributed by atoms with Crippen LogP contribution in [0.5, 0.6) is 0 Å². The van der Waals surface area contributed by atoms with E-state index in [-0.39, 0.29) is 30.0 Å². The predicted octanol–water partition coefficient (Wildman–Crippen LogP) is 1.29. The standard InChI is InChI=1S/C14H24N4O2S.HI/c1-19-7-4-16-14(15)17-11-12(13-3-2-10-21-13)18-5-8-20-9-6-18;/h2-3,10,12H,4-9,11H2,1H3,(H3,15,16,17);1H. The lowest BCUT2D eigenvalue weighted by molar-refractivity contribution is 0.0187. The van der Waals surface area contributed by atoms with Crippen molar-refractivity contribution in [1.82, 2.24) is 10.2 Å². The van der Waals surface area contributed by atoms with Gasteiger partial charge in [-0.15, -0.1) is 35.3 Å². The van der Waals surface area contributed by atoms with Crippen LogP contribution in [0.1, 0.15) is 10.9 Å². The molecule has 0 saturated carbocycles. The van der Waals surface area contributed by atoms with E-state index in [9.17, 15) is 0 Å². The number of hydrogen-bond acceptors (Lipinski definition) is 5. The Bertz CT molecular complexity index is 424. The van der Waals surface area contributed by atoms with Crippen molar-refractivity contribution in [2.24, 2.45) is 10.7 Å². The molecule has 1 atom stereocenters. The van der Waals surface area contributed by atoms with E-state index >= 15 is 0 Å². The summed E-state index contributed by atoms with van der Waals surface area (Å²) in [5.41, 5.74) is 5.89. The number of nitrogens with one attached hydrogen (secondary N) is 1. The number of halogens is 1. The summed E-state index contributed by atoms with van der Waals surface area (Å²) in [7, 11) is 1.67. The largest absolute Gasteiger partial charge is 0.383 e. The van der Waals surface area contributed by atoms with Crippen LogP contribution in [0, 0.1) is 0 Å². The average Bonchev–Trinajstić information content (AvgIpc) is 3.03. The summed E-state index contributed by atoms with van der Waals surface area (Å²) < 4.78 is 10.4. The number of nitrogens with zero attached hydrogens (tertiary/aromatic N) is 2. The first-order chi connectivity index (χ1) is 10.3. The monoisotopic (exact) mass is 440 g/mol. The lowest BCUT2D eigenvalue weighted by atomic mass is 10.2. The molecule has 126 valence electrons. The fourth-order valence-electron chi connectivity index (χ4n) is 2.28. The summed E-state index contributed by atoms with van der Waals surface area (Å²) >= 11 is 1.76. The predicted molar refractivity (Wildman–Crippen MR) is 101 cm³/mol. The van der Waals surface area contributed by atoms with Gasteiger partial charge in [-0.05, 0) is 11.4 Å². The molecular weight excluding hydrogens is 415 g/mol. The normalized spacial score (nSPS) is 17.8. The van der Waals surface area contributed by atoms with Crippen LogP contribution in [-0.2, 0) is 9.47 Å². The molecule has 3 N–H and O–H groups in total. The van der Waals surface area contributed by atoms with Gasteiger partial charge in [-0.25, -0.2) is 0 Å². The van der Waals surface area contributed by atoms with Gasteiger partial charge in [0.25, 0.3) is 0 Å². The van der Waals surface area contributed by atoms with Crippen molar-refractivity contribution in [2.75, 3.05) is 53.1 Å². The summed E-state index contributed by atoms with van der Waals surface area (Å²) in [5, 5.41) is 5.15. The average molecular weight is 440 g/mol. The Morgan fingerprint density at radius 2 is 2.32 bits per heavy atom. The molecule has 1 aliphatic heterocycles. The number of guanidine groups is 1. The second-order valence-electron chi connectivity index (χ2n) is 4.83. The lowest BCUT2D eigenvalue weighted by Gasteiger charge is -2.33. The second-order valence-corrected chi connectivity index (χ2v) is 5.80. The third-order valence-corrected chi connectivity index (χ3v) is 4.38. The van der Waals surface area contributed by atoms with Crippen LogP contribution in [0.25, 0.3) is 0 Å². The Labute approximate surface area is 153 Å². The van der Waals surface area contributed by atoms with Crippen LogP contribution in [0.15, 0.2) is 22.5 Å². The first-order valence-corrected chi connectivity index (χ1v) is 8.07. The SMILES string of the molecule is COCCNC(N)=NCC(c1cccs1)N1CCOCC1.I. The molecule has 1 fully saturated rings. The van der Waals surface area contributed by atoms with Gasteiger partial charge < -0.3 is 20.5 Å². The van der Waals surface area contributed by atoms with E-state index in [0.29, 0.717) is 25.7 Å².